The Balaban J connectivity index is 1.61. The SMILES string of the molecule is CCCc1sc(NC(=O)c2cc(Cl)ccc2Cl)nc1-c1ccc(-c2ccccc2)cc1. The molecule has 3 nitrogen and oxygen atoms in total. The van der Waals surface area contributed by atoms with Crippen molar-refractivity contribution in [1.82, 2.24) is 4.98 Å². The molecule has 1 N–H and O–H groups in total. The quantitative estimate of drug-likeness (QED) is 0.312. The van der Waals surface area contributed by atoms with Crippen LogP contribution in [0.1, 0.15) is 28.6 Å². The summed E-state index contributed by atoms with van der Waals surface area (Å²) in [5.41, 5.74) is 4.59. The van der Waals surface area contributed by atoms with E-state index < -0.39 is 0 Å². The van der Waals surface area contributed by atoms with Gasteiger partial charge in [-0.3, -0.25) is 10.1 Å². The van der Waals surface area contributed by atoms with Gasteiger partial charge in [-0.1, -0.05) is 91.1 Å². The number of aromatic nitrogens is 1. The summed E-state index contributed by atoms with van der Waals surface area (Å²) in [4.78, 5) is 18.6. The first kappa shape index (κ1) is 21.6. The van der Waals surface area contributed by atoms with Gasteiger partial charge in [0, 0.05) is 15.5 Å². The Labute approximate surface area is 195 Å². The minimum atomic E-state index is -0.324. The Morgan fingerprint density at radius 3 is 2.32 bits per heavy atom. The third-order valence-corrected chi connectivity index (χ3v) is 6.43. The first-order chi connectivity index (χ1) is 15.0. The molecule has 0 spiro atoms. The van der Waals surface area contributed by atoms with Crippen LogP contribution in [0.25, 0.3) is 22.4 Å². The molecule has 0 aliphatic rings. The summed E-state index contributed by atoms with van der Waals surface area (Å²) in [6.45, 7) is 2.13. The number of halogens is 2. The Hall–Kier alpha value is -2.66. The summed E-state index contributed by atoms with van der Waals surface area (Å²) in [6, 6.07) is 23.4. The summed E-state index contributed by atoms with van der Waals surface area (Å²) < 4.78 is 0. The number of nitrogens with zero attached hydrogens (tertiary/aromatic N) is 1. The van der Waals surface area contributed by atoms with Crippen LogP contribution in [-0.4, -0.2) is 10.9 Å². The van der Waals surface area contributed by atoms with E-state index in [1.807, 2.05) is 18.2 Å². The van der Waals surface area contributed by atoms with Gasteiger partial charge in [-0.25, -0.2) is 4.98 Å². The minimum absolute atomic E-state index is 0.324. The van der Waals surface area contributed by atoms with E-state index in [4.69, 9.17) is 28.2 Å². The number of hydrogen-bond acceptors (Lipinski definition) is 3. The summed E-state index contributed by atoms with van der Waals surface area (Å²) in [7, 11) is 0. The Morgan fingerprint density at radius 1 is 0.935 bits per heavy atom. The molecular formula is C25H20Cl2N2OS. The van der Waals surface area contributed by atoms with Crippen LogP contribution in [0.15, 0.2) is 72.8 Å². The van der Waals surface area contributed by atoms with Gasteiger partial charge in [-0.2, -0.15) is 0 Å². The molecule has 31 heavy (non-hydrogen) atoms. The van der Waals surface area contributed by atoms with E-state index in [9.17, 15) is 4.79 Å². The van der Waals surface area contributed by atoms with E-state index in [-0.39, 0.29) is 5.91 Å². The Kier molecular flexibility index (Phi) is 6.71. The van der Waals surface area contributed by atoms with Gasteiger partial charge in [0.15, 0.2) is 5.13 Å². The van der Waals surface area contributed by atoms with E-state index in [1.54, 1.807) is 18.2 Å². The molecular weight excluding hydrogens is 447 g/mol. The van der Waals surface area contributed by atoms with E-state index in [0.29, 0.717) is 20.7 Å². The molecule has 0 radical (unpaired) electrons. The zero-order chi connectivity index (χ0) is 21.8. The van der Waals surface area contributed by atoms with Gasteiger partial charge in [0.1, 0.15) is 0 Å². The Bertz CT molecular complexity index is 1200. The van der Waals surface area contributed by atoms with Crippen LogP contribution in [0, 0.1) is 0 Å². The van der Waals surface area contributed by atoms with Gasteiger partial charge in [-0.05, 0) is 35.7 Å². The van der Waals surface area contributed by atoms with Crippen molar-refractivity contribution in [1.29, 1.82) is 0 Å². The molecule has 4 rings (SSSR count). The number of benzene rings is 3. The molecule has 0 bridgehead atoms. The van der Waals surface area contributed by atoms with Crippen LogP contribution in [0.3, 0.4) is 0 Å². The fourth-order valence-electron chi connectivity index (χ4n) is 3.31. The lowest BCUT2D eigenvalue weighted by molar-refractivity contribution is 0.102. The molecule has 0 unspecified atom stereocenters. The van der Waals surface area contributed by atoms with Crippen molar-refractivity contribution in [2.75, 3.05) is 5.32 Å². The molecule has 0 aliphatic carbocycles. The summed E-state index contributed by atoms with van der Waals surface area (Å²) >= 11 is 13.7. The number of carbonyl (C=O) groups excluding carboxylic acids is 1. The first-order valence-electron chi connectivity index (χ1n) is 9.97. The molecule has 1 aromatic heterocycles. The van der Waals surface area contributed by atoms with Crippen molar-refractivity contribution in [3.63, 3.8) is 0 Å². The molecule has 1 amide bonds. The smallest absolute Gasteiger partial charge is 0.259 e. The predicted octanol–water partition coefficient (Wildman–Crippen LogP) is 7.99. The molecule has 0 aliphatic heterocycles. The lowest BCUT2D eigenvalue weighted by Crippen LogP contribution is -2.12. The second kappa shape index (κ2) is 9.65. The maximum atomic E-state index is 12.7. The molecule has 0 fully saturated rings. The molecule has 0 saturated heterocycles. The number of rotatable bonds is 6. The van der Waals surface area contributed by atoms with Gasteiger partial charge >= 0.3 is 0 Å². The van der Waals surface area contributed by atoms with E-state index >= 15 is 0 Å². The third-order valence-electron chi connectivity index (χ3n) is 4.83. The van der Waals surface area contributed by atoms with E-state index in [2.05, 4.69) is 48.6 Å². The zero-order valence-corrected chi connectivity index (χ0v) is 19.2. The first-order valence-corrected chi connectivity index (χ1v) is 11.5. The van der Waals surface area contributed by atoms with Gasteiger partial charge in [-0.15, -0.1) is 11.3 Å². The normalized spacial score (nSPS) is 10.8. The van der Waals surface area contributed by atoms with Crippen molar-refractivity contribution in [2.24, 2.45) is 0 Å². The maximum absolute atomic E-state index is 12.7. The topological polar surface area (TPSA) is 42.0 Å². The maximum Gasteiger partial charge on any atom is 0.259 e. The van der Waals surface area contributed by atoms with E-state index in [1.165, 1.54) is 16.9 Å². The molecule has 6 heteroatoms. The summed E-state index contributed by atoms with van der Waals surface area (Å²) in [5.74, 6) is -0.324. The molecule has 3 aromatic carbocycles. The molecule has 1 heterocycles. The second-order valence-corrected chi connectivity index (χ2v) is 8.99. The highest BCUT2D eigenvalue weighted by molar-refractivity contribution is 7.16. The third kappa shape index (κ3) is 4.99. The molecule has 0 saturated carbocycles. The lowest BCUT2D eigenvalue weighted by Gasteiger charge is -2.05. The number of anilines is 1. The molecule has 4 aromatic rings. The van der Waals surface area contributed by atoms with Crippen LogP contribution in [-0.2, 0) is 6.42 Å². The summed E-state index contributed by atoms with van der Waals surface area (Å²) in [5, 5.41) is 4.23. The van der Waals surface area contributed by atoms with Crippen LogP contribution in [0.2, 0.25) is 10.0 Å². The highest BCUT2D eigenvalue weighted by atomic mass is 35.5. The van der Waals surface area contributed by atoms with Crippen LogP contribution >= 0.6 is 34.5 Å². The van der Waals surface area contributed by atoms with Crippen LogP contribution in [0.4, 0.5) is 5.13 Å². The van der Waals surface area contributed by atoms with Crippen molar-refractivity contribution in [3.05, 3.63) is 93.3 Å². The van der Waals surface area contributed by atoms with Crippen LogP contribution < -0.4 is 5.32 Å². The highest BCUT2D eigenvalue weighted by Crippen LogP contribution is 2.34. The van der Waals surface area contributed by atoms with E-state index in [0.717, 1.165) is 34.5 Å². The fourth-order valence-corrected chi connectivity index (χ4v) is 4.77. The number of nitrogens with one attached hydrogen (secondary N) is 1. The van der Waals surface area contributed by atoms with Crippen molar-refractivity contribution >= 4 is 45.6 Å². The zero-order valence-electron chi connectivity index (χ0n) is 16.9. The van der Waals surface area contributed by atoms with Crippen LogP contribution in [0.5, 0.6) is 0 Å². The van der Waals surface area contributed by atoms with Gasteiger partial charge in [0.05, 0.1) is 16.3 Å². The molecule has 0 atom stereocenters. The average molecular weight is 467 g/mol. The summed E-state index contributed by atoms with van der Waals surface area (Å²) in [6.07, 6.45) is 1.88. The fraction of sp³-hybridized carbons (Fsp3) is 0.120. The van der Waals surface area contributed by atoms with Crippen molar-refractivity contribution in [2.45, 2.75) is 19.8 Å². The molecule has 156 valence electrons. The van der Waals surface area contributed by atoms with Gasteiger partial charge in [0.2, 0.25) is 0 Å². The lowest BCUT2D eigenvalue weighted by atomic mass is 10.0. The van der Waals surface area contributed by atoms with Crippen molar-refractivity contribution < 1.29 is 4.79 Å². The number of thiazole rings is 1. The standard InChI is InChI=1S/C25H20Cl2N2OS/c1-2-6-22-23(18-11-9-17(10-12-18)16-7-4-3-5-8-16)28-25(31-22)29-24(30)20-15-19(26)13-14-21(20)27/h3-5,7-15H,2,6H2,1H3,(H,28,29,30). The van der Waals surface area contributed by atoms with Gasteiger partial charge in [0.25, 0.3) is 5.91 Å². The average Bonchev–Trinajstić information content (AvgIpc) is 3.18. The number of carbonyl (C=O) groups is 1. The number of amides is 1. The second-order valence-electron chi connectivity index (χ2n) is 7.06. The van der Waals surface area contributed by atoms with Gasteiger partial charge < -0.3 is 0 Å². The predicted molar refractivity (Wildman–Crippen MR) is 131 cm³/mol. The number of hydrogen-bond donors (Lipinski definition) is 1. The number of aryl methyl sites for hydroxylation is 1. The highest BCUT2D eigenvalue weighted by Gasteiger charge is 2.17. The largest absolute Gasteiger partial charge is 0.298 e. The Morgan fingerprint density at radius 2 is 1.61 bits per heavy atom. The minimum Gasteiger partial charge on any atom is -0.298 e. The van der Waals surface area contributed by atoms with Crippen molar-refractivity contribution in [3.8, 4) is 22.4 Å². The monoisotopic (exact) mass is 466 g/mol.